The Balaban J connectivity index is 2.14. The molecule has 2 unspecified atom stereocenters. The third kappa shape index (κ3) is 2.48. The molecule has 0 aromatic heterocycles. The molecule has 1 aliphatic heterocycles. The molecule has 1 fully saturated rings. The number of aromatic hydroxyl groups is 1. The highest BCUT2D eigenvalue weighted by atomic mass is 16.3. The number of phenolic OH excluding ortho intramolecular Hbond substituents is 1. The van der Waals surface area contributed by atoms with Crippen molar-refractivity contribution >= 4 is 5.91 Å². The molecule has 4 heteroatoms. The standard InChI is InChI=1S/C14H20N2O2/c1-10(11-5-7-12(17)8-6-11)16-9-3-4-13(16)14(18)15-2/h5-8,10,13,17H,3-4,9H2,1-2H3,(H,15,18). The van der Waals surface area contributed by atoms with Crippen molar-refractivity contribution in [3.8, 4) is 5.75 Å². The van der Waals surface area contributed by atoms with E-state index >= 15 is 0 Å². The molecule has 0 aliphatic carbocycles. The zero-order valence-electron chi connectivity index (χ0n) is 10.9. The fourth-order valence-electron chi connectivity index (χ4n) is 2.65. The van der Waals surface area contributed by atoms with E-state index in [1.54, 1.807) is 19.2 Å². The summed E-state index contributed by atoms with van der Waals surface area (Å²) in [7, 11) is 1.68. The molecule has 1 aliphatic rings. The monoisotopic (exact) mass is 248 g/mol. The minimum atomic E-state index is -0.0289. The van der Waals surface area contributed by atoms with Gasteiger partial charge in [0.25, 0.3) is 0 Å². The highest BCUT2D eigenvalue weighted by molar-refractivity contribution is 5.81. The first-order valence-corrected chi connectivity index (χ1v) is 6.39. The number of nitrogens with zero attached hydrogens (tertiary/aromatic N) is 1. The first-order chi connectivity index (χ1) is 8.63. The number of likely N-dealkylation sites (tertiary alicyclic amines) is 1. The van der Waals surface area contributed by atoms with Gasteiger partial charge in [-0.05, 0) is 44.0 Å². The third-order valence-corrected chi connectivity index (χ3v) is 3.72. The number of amides is 1. The Bertz CT molecular complexity index is 416. The highest BCUT2D eigenvalue weighted by Gasteiger charge is 2.33. The lowest BCUT2D eigenvalue weighted by Crippen LogP contribution is -2.42. The number of benzene rings is 1. The van der Waals surface area contributed by atoms with Crippen LogP contribution in [0.1, 0.15) is 31.4 Å². The van der Waals surface area contributed by atoms with Crippen LogP contribution in [-0.4, -0.2) is 35.5 Å². The molecule has 1 heterocycles. The van der Waals surface area contributed by atoms with Gasteiger partial charge in [0.2, 0.25) is 5.91 Å². The zero-order valence-corrected chi connectivity index (χ0v) is 10.9. The van der Waals surface area contributed by atoms with Gasteiger partial charge in [-0.15, -0.1) is 0 Å². The largest absolute Gasteiger partial charge is 0.508 e. The lowest BCUT2D eigenvalue weighted by Gasteiger charge is -2.29. The maximum Gasteiger partial charge on any atom is 0.237 e. The topological polar surface area (TPSA) is 52.6 Å². The number of rotatable bonds is 3. The summed E-state index contributed by atoms with van der Waals surface area (Å²) in [6.07, 6.45) is 1.97. The van der Waals surface area contributed by atoms with Gasteiger partial charge in [0.15, 0.2) is 0 Å². The van der Waals surface area contributed by atoms with Crippen molar-refractivity contribution in [2.75, 3.05) is 13.6 Å². The Morgan fingerprint density at radius 2 is 2.11 bits per heavy atom. The normalized spacial score (nSPS) is 21.8. The van der Waals surface area contributed by atoms with Crippen LogP contribution in [0.2, 0.25) is 0 Å². The molecule has 18 heavy (non-hydrogen) atoms. The van der Waals surface area contributed by atoms with Gasteiger partial charge < -0.3 is 10.4 Å². The van der Waals surface area contributed by atoms with E-state index in [1.807, 2.05) is 12.1 Å². The number of nitrogens with one attached hydrogen (secondary N) is 1. The van der Waals surface area contributed by atoms with E-state index < -0.39 is 0 Å². The second kappa shape index (κ2) is 5.40. The lowest BCUT2D eigenvalue weighted by atomic mass is 10.1. The van der Waals surface area contributed by atoms with Crippen molar-refractivity contribution in [2.24, 2.45) is 0 Å². The fourth-order valence-corrected chi connectivity index (χ4v) is 2.65. The highest BCUT2D eigenvalue weighted by Crippen LogP contribution is 2.29. The summed E-state index contributed by atoms with van der Waals surface area (Å²) in [4.78, 5) is 14.0. The van der Waals surface area contributed by atoms with Crippen molar-refractivity contribution in [1.82, 2.24) is 10.2 Å². The Morgan fingerprint density at radius 1 is 1.44 bits per heavy atom. The minimum Gasteiger partial charge on any atom is -0.508 e. The van der Waals surface area contributed by atoms with E-state index in [-0.39, 0.29) is 23.7 Å². The minimum absolute atomic E-state index is 0.0289. The van der Waals surface area contributed by atoms with Crippen LogP contribution in [-0.2, 0) is 4.79 Å². The molecule has 1 amide bonds. The molecule has 0 saturated carbocycles. The molecular formula is C14H20N2O2. The summed E-state index contributed by atoms with van der Waals surface area (Å²) in [5.74, 6) is 0.369. The molecule has 2 N–H and O–H groups in total. The van der Waals surface area contributed by atoms with Gasteiger partial charge >= 0.3 is 0 Å². The van der Waals surface area contributed by atoms with E-state index in [0.717, 1.165) is 24.9 Å². The van der Waals surface area contributed by atoms with Gasteiger partial charge in [-0.25, -0.2) is 0 Å². The molecule has 2 rings (SSSR count). The van der Waals surface area contributed by atoms with Crippen molar-refractivity contribution in [1.29, 1.82) is 0 Å². The number of carbonyl (C=O) groups is 1. The smallest absolute Gasteiger partial charge is 0.237 e. The first-order valence-electron chi connectivity index (χ1n) is 6.39. The van der Waals surface area contributed by atoms with Crippen LogP contribution in [0, 0.1) is 0 Å². The summed E-state index contributed by atoms with van der Waals surface area (Å²) < 4.78 is 0. The van der Waals surface area contributed by atoms with E-state index in [9.17, 15) is 9.90 Å². The number of phenols is 1. The average Bonchev–Trinajstić information content (AvgIpc) is 2.87. The molecule has 2 atom stereocenters. The summed E-state index contributed by atoms with van der Waals surface area (Å²) >= 11 is 0. The molecular weight excluding hydrogens is 228 g/mol. The van der Waals surface area contributed by atoms with Crippen LogP contribution < -0.4 is 5.32 Å². The molecule has 1 aromatic carbocycles. The van der Waals surface area contributed by atoms with E-state index in [4.69, 9.17) is 0 Å². The Kier molecular flexibility index (Phi) is 3.87. The fraction of sp³-hybridized carbons (Fsp3) is 0.500. The van der Waals surface area contributed by atoms with Crippen LogP contribution in [0.5, 0.6) is 5.75 Å². The number of hydrogen-bond acceptors (Lipinski definition) is 3. The van der Waals surface area contributed by atoms with Crippen molar-refractivity contribution in [3.63, 3.8) is 0 Å². The predicted octanol–water partition coefficient (Wildman–Crippen LogP) is 1.66. The Morgan fingerprint density at radius 3 is 2.72 bits per heavy atom. The molecule has 0 spiro atoms. The quantitative estimate of drug-likeness (QED) is 0.855. The van der Waals surface area contributed by atoms with Crippen LogP contribution >= 0.6 is 0 Å². The van der Waals surface area contributed by atoms with Crippen LogP contribution in [0.25, 0.3) is 0 Å². The van der Waals surface area contributed by atoms with Gasteiger partial charge in [0, 0.05) is 13.1 Å². The summed E-state index contributed by atoms with van der Waals surface area (Å²) in [5, 5.41) is 12.0. The van der Waals surface area contributed by atoms with Crippen molar-refractivity contribution in [3.05, 3.63) is 29.8 Å². The van der Waals surface area contributed by atoms with Gasteiger partial charge in [0.1, 0.15) is 5.75 Å². The molecule has 0 bridgehead atoms. The number of hydrogen-bond donors (Lipinski definition) is 2. The Hall–Kier alpha value is -1.55. The molecule has 4 nitrogen and oxygen atoms in total. The van der Waals surface area contributed by atoms with Gasteiger partial charge in [-0.3, -0.25) is 9.69 Å². The van der Waals surface area contributed by atoms with E-state index in [1.165, 1.54) is 0 Å². The van der Waals surface area contributed by atoms with Gasteiger partial charge in [0.05, 0.1) is 6.04 Å². The number of likely N-dealkylation sites (N-methyl/N-ethyl adjacent to an activating group) is 1. The maximum absolute atomic E-state index is 11.8. The van der Waals surface area contributed by atoms with Crippen LogP contribution in [0.3, 0.4) is 0 Å². The zero-order chi connectivity index (χ0) is 13.1. The van der Waals surface area contributed by atoms with Crippen molar-refractivity contribution in [2.45, 2.75) is 31.8 Å². The summed E-state index contributed by atoms with van der Waals surface area (Å²) in [6, 6.07) is 7.38. The van der Waals surface area contributed by atoms with E-state index in [0.29, 0.717) is 0 Å². The first kappa shape index (κ1) is 12.9. The van der Waals surface area contributed by atoms with Crippen LogP contribution in [0.4, 0.5) is 0 Å². The lowest BCUT2D eigenvalue weighted by molar-refractivity contribution is -0.125. The average molecular weight is 248 g/mol. The second-order valence-electron chi connectivity index (χ2n) is 4.78. The van der Waals surface area contributed by atoms with Gasteiger partial charge in [-0.1, -0.05) is 12.1 Å². The summed E-state index contributed by atoms with van der Waals surface area (Å²) in [5.41, 5.74) is 1.13. The third-order valence-electron chi connectivity index (χ3n) is 3.72. The van der Waals surface area contributed by atoms with E-state index in [2.05, 4.69) is 17.1 Å². The molecule has 1 saturated heterocycles. The molecule has 1 aromatic rings. The molecule has 0 radical (unpaired) electrons. The second-order valence-corrected chi connectivity index (χ2v) is 4.78. The number of carbonyl (C=O) groups excluding carboxylic acids is 1. The Labute approximate surface area is 108 Å². The van der Waals surface area contributed by atoms with Crippen LogP contribution in [0.15, 0.2) is 24.3 Å². The molecule has 98 valence electrons. The SMILES string of the molecule is CNC(=O)C1CCCN1C(C)c1ccc(O)cc1. The summed E-state index contributed by atoms with van der Waals surface area (Å²) in [6.45, 7) is 3.05. The van der Waals surface area contributed by atoms with Gasteiger partial charge in [-0.2, -0.15) is 0 Å². The van der Waals surface area contributed by atoms with Crippen molar-refractivity contribution < 1.29 is 9.90 Å². The maximum atomic E-state index is 11.8. The predicted molar refractivity (Wildman–Crippen MR) is 70.3 cm³/mol.